The van der Waals surface area contributed by atoms with E-state index in [2.05, 4.69) is 9.97 Å². The lowest BCUT2D eigenvalue weighted by Gasteiger charge is -2.32. The molecule has 2 aromatic heterocycles. The lowest BCUT2D eigenvalue weighted by Crippen LogP contribution is -2.38. The molecule has 1 aromatic carbocycles. The summed E-state index contributed by atoms with van der Waals surface area (Å²) in [5.41, 5.74) is 1.77. The molecule has 1 amide bonds. The molecule has 1 unspecified atom stereocenters. The van der Waals surface area contributed by atoms with Crippen molar-refractivity contribution < 1.29 is 14.7 Å². The van der Waals surface area contributed by atoms with Crippen LogP contribution in [0.4, 0.5) is 5.69 Å². The largest absolute Gasteiger partial charge is 0.481 e. The predicted octanol–water partition coefficient (Wildman–Crippen LogP) is 2.49. The first-order valence-corrected chi connectivity index (χ1v) is 8.23. The van der Waals surface area contributed by atoms with Crippen molar-refractivity contribution in [2.75, 3.05) is 11.4 Å². The maximum Gasteiger partial charge on any atom is 0.311 e. The molecule has 7 heteroatoms. The lowest BCUT2D eigenvalue weighted by molar-refractivity contribution is -0.139. The van der Waals surface area contributed by atoms with Crippen molar-refractivity contribution in [3.63, 3.8) is 0 Å². The number of carboxylic acid groups (broad SMARTS) is 1. The van der Waals surface area contributed by atoms with Crippen molar-refractivity contribution in [1.82, 2.24) is 14.5 Å². The Balaban J connectivity index is 1.64. The topological polar surface area (TPSA) is 88.3 Å². The normalized spacial score (nSPS) is 16.2. The number of hydrogen-bond donors (Lipinski definition) is 1. The first-order valence-electron chi connectivity index (χ1n) is 8.23. The number of carbonyl (C=O) groups is 2. The van der Waals surface area contributed by atoms with Gasteiger partial charge in [0.25, 0.3) is 5.91 Å². The van der Waals surface area contributed by atoms with Crippen LogP contribution in [0.15, 0.2) is 61.3 Å². The zero-order valence-electron chi connectivity index (χ0n) is 13.8. The number of benzene rings is 1. The SMILES string of the molecule is O=C(O)C1CCN(C(=O)c2ccc(-n3ccnc3)nc2)c2ccccc21. The van der Waals surface area contributed by atoms with Gasteiger partial charge in [0.15, 0.2) is 0 Å². The van der Waals surface area contributed by atoms with Crippen LogP contribution in [0.2, 0.25) is 0 Å². The molecule has 4 rings (SSSR count). The summed E-state index contributed by atoms with van der Waals surface area (Å²) in [4.78, 5) is 34.4. The third-order valence-electron chi connectivity index (χ3n) is 4.55. The van der Waals surface area contributed by atoms with E-state index < -0.39 is 11.9 Å². The fourth-order valence-electron chi connectivity index (χ4n) is 3.25. The molecule has 0 radical (unpaired) electrons. The van der Waals surface area contributed by atoms with Crippen molar-refractivity contribution in [3.8, 4) is 5.82 Å². The van der Waals surface area contributed by atoms with E-state index in [1.807, 2.05) is 6.07 Å². The van der Waals surface area contributed by atoms with Crippen molar-refractivity contribution in [1.29, 1.82) is 0 Å². The molecule has 3 heterocycles. The van der Waals surface area contributed by atoms with Crippen LogP contribution in [0.3, 0.4) is 0 Å². The highest BCUT2D eigenvalue weighted by atomic mass is 16.4. The van der Waals surface area contributed by atoms with E-state index in [-0.39, 0.29) is 5.91 Å². The zero-order valence-corrected chi connectivity index (χ0v) is 13.8. The van der Waals surface area contributed by atoms with E-state index in [4.69, 9.17) is 0 Å². The molecule has 0 fully saturated rings. The molecular weight excluding hydrogens is 332 g/mol. The molecule has 1 atom stereocenters. The Bertz CT molecular complexity index is 951. The number of para-hydroxylation sites is 1. The van der Waals surface area contributed by atoms with E-state index in [9.17, 15) is 14.7 Å². The first kappa shape index (κ1) is 16.0. The minimum Gasteiger partial charge on any atom is -0.481 e. The Hall–Kier alpha value is -3.48. The quantitative estimate of drug-likeness (QED) is 0.785. The van der Waals surface area contributed by atoms with Gasteiger partial charge in [-0.2, -0.15) is 0 Å². The molecular formula is C19H16N4O3. The number of aromatic nitrogens is 3. The van der Waals surface area contributed by atoms with Crippen molar-refractivity contribution in [2.24, 2.45) is 0 Å². The van der Waals surface area contributed by atoms with E-state index >= 15 is 0 Å². The van der Waals surface area contributed by atoms with Crippen LogP contribution in [-0.2, 0) is 4.79 Å². The van der Waals surface area contributed by atoms with Gasteiger partial charge < -0.3 is 10.0 Å². The fraction of sp³-hybridized carbons (Fsp3) is 0.158. The number of anilines is 1. The molecule has 1 aliphatic heterocycles. The molecule has 0 aliphatic carbocycles. The smallest absolute Gasteiger partial charge is 0.311 e. The zero-order chi connectivity index (χ0) is 18.1. The summed E-state index contributed by atoms with van der Waals surface area (Å²) in [7, 11) is 0. The number of carboxylic acids is 1. The highest BCUT2D eigenvalue weighted by molar-refractivity contribution is 6.07. The van der Waals surface area contributed by atoms with Gasteiger partial charge in [-0.3, -0.25) is 14.2 Å². The highest BCUT2D eigenvalue weighted by Gasteiger charge is 2.32. The van der Waals surface area contributed by atoms with Crippen LogP contribution in [-0.4, -0.2) is 38.1 Å². The van der Waals surface area contributed by atoms with Gasteiger partial charge in [0.1, 0.15) is 12.1 Å². The summed E-state index contributed by atoms with van der Waals surface area (Å²) >= 11 is 0. The molecule has 0 saturated heterocycles. The number of imidazole rings is 1. The van der Waals surface area contributed by atoms with Gasteiger partial charge in [-0.05, 0) is 30.2 Å². The number of amides is 1. The Morgan fingerprint density at radius 3 is 2.69 bits per heavy atom. The number of carbonyl (C=O) groups excluding carboxylic acids is 1. The standard InChI is InChI=1S/C19H16N4O3/c24-18(13-5-6-17(21-11-13)22-10-8-20-12-22)23-9-7-15(19(25)26)14-3-1-2-4-16(14)23/h1-6,8,10-12,15H,7,9H2,(H,25,26). The second-order valence-corrected chi connectivity index (χ2v) is 6.07. The van der Waals surface area contributed by atoms with Crippen molar-refractivity contribution in [2.45, 2.75) is 12.3 Å². The average Bonchev–Trinajstić information content (AvgIpc) is 3.21. The van der Waals surface area contributed by atoms with Gasteiger partial charge in [-0.15, -0.1) is 0 Å². The van der Waals surface area contributed by atoms with Crippen molar-refractivity contribution in [3.05, 3.63) is 72.4 Å². The number of nitrogens with zero attached hydrogens (tertiary/aromatic N) is 4. The molecule has 1 N–H and O–H groups in total. The first-order chi connectivity index (χ1) is 12.6. The van der Waals surface area contributed by atoms with E-state index in [1.165, 1.54) is 6.20 Å². The van der Waals surface area contributed by atoms with Gasteiger partial charge in [-0.25, -0.2) is 9.97 Å². The summed E-state index contributed by atoms with van der Waals surface area (Å²) < 4.78 is 1.75. The van der Waals surface area contributed by atoms with E-state index in [0.717, 1.165) is 0 Å². The maximum absolute atomic E-state index is 13.0. The molecule has 130 valence electrons. The van der Waals surface area contributed by atoms with E-state index in [0.29, 0.717) is 35.6 Å². The minimum absolute atomic E-state index is 0.189. The second-order valence-electron chi connectivity index (χ2n) is 6.07. The van der Waals surface area contributed by atoms with Crippen molar-refractivity contribution >= 4 is 17.6 Å². The van der Waals surface area contributed by atoms with Gasteiger partial charge >= 0.3 is 5.97 Å². The number of rotatable bonds is 3. The molecule has 0 saturated carbocycles. The number of pyridine rings is 1. The number of fused-ring (bicyclic) bond motifs is 1. The average molecular weight is 348 g/mol. The van der Waals surface area contributed by atoms with Crippen LogP contribution < -0.4 is 4.90 Å². The Kier molecular flexibility index (Phi) is 3.96. The molecule has 0 spiro atoms. The summed E-state index contributed by atoms with van der Waals surface area (Å²) in [6.07, 6.45) is 6.99. The summed E-state index contributed by atoms with van der Waals surface area (Å²) in [5.74, 6) is -0.970. The van der Waals surface area contributed by atoms with Gasteiger partial charge in [0, 0.05) is 30.8 Å². The number of hydrogen-bond acceptors (Lipinski definition) is 4. The second kappa shape index (κ2) is 6.44. The van der Waals surface area contributed by atoms with Crippen LogP contribution in [0.25, 0.3) is 5.82 Å². The number of aliphatic carboxylic acids is 1. The Labute approximate surface area is 149 Å². The minimum atomic E-state index is -0.865. The van der Waals surface area contributed by atoms with Gasteiger partial charge in [0.05, 0.1) is 11.5 Å². The van der Waals surface area contributed by atoms with Crippen LogP contribution in [0.1, 0.15) is 28.3 Å². The highest BCUT2D eigenvalue weighted by Crippen LogP contribution is 2.36. The Morgan fingerprint density at radius 2 is 2.00 bits per heavy atom. The third-order valence-corrected chi connectivity index (χ3v) is 4.55. The van der Waals surface area contributed by atoms with Crippen LogP contribution in [0, 0.1) is 0 Å². The summed E-state index contributed by atoms with van der Waals surface area (Å²) in [6, 6.07) is 10.6. The molecule has 26 heavy (non-hydrogen) atoms. The van der Waals surface area contributed by atoms with Gasteiger partial charge in [-0.1, -0.05) is 18.2 Å². The molecule has 7 nitrogen and oxygen atoms in total. The monoisotopic (exact) mass is 348 g/mol. The molecule has 0 bridgehead atoms. The summed E-state index contributed by atoms with van der Waals surface area (Å²) in [6.45, 7) is 0.357. The molecule has 3 aromatic rings. The maximum atomic E-state index is 13.0. The van der Waals surface area contributed by atoms with Crippen LogP contribution in [0.5, 0.6) is 0 Å². The summed E-state index contributed by atoms with van der Waals surface area (Å²) in [5, 5.41) is 9.43. The van der Waals surface area contributed by atoms with E-state index in [1.54, 1.807) is 58.5 Å². The predicted molar refractivity (Wildman–Crippen MR) is 94.5 cm³/mol. The lowest BCUT2D eigenvalue weighted by atomic mass is 9.89. The Morgan fingerprint density at radius 1 is 1.15 bits per heavy atom. The third kappa shape index (κ3) is 2.73. The van der Waals surface area contributed by atoms with Gasteiger partial charge in [0.2, 0.25) is 0 Å². The molecule has 1 aliphatic rings. The van der Waals surface area contributed by atoms with Crippen LogP contribution >= 0.6 is 0 Å². The fourth-order valence-corrected chi connectivity index (χ4v) is 3.25.